The van der Waals surface area contributed by atoms with Crippen LogP contribution >= 0.6 is 11.8 Å². The number of rotatable bonds is 2. The molecule has 118 valence electrons. The minimum Gasteiger partial charge on any atom is -0.294 e. The molecule has 1 saturated heterocycles. The third-order valence-corrected chi connectivity index (χ3v) is 6.16. The number of ketones is 1. The lowest BCUT2D eigenvalue weighted by atomic mass is 9.82. The Kier molecular flexibility index (Phi) is 3.56. The summed E-state index contributed by atoms with van der Waals surface area (Å²) in [6.45, 7) is 0. The Labute approximate surface area is 138 Å². The number of aliphatic imine (C=N–C) groups is 1. The number of non-ortho nitro benzene ring substituents is 1. The Hall–Kier alpha value is -1.95. The van der Waals surface area contributed by atoms with Crippen molar-refractivity contribution >= 4 is 28.9 Å². The van der Waals surface area contributed by atoms with E-state index in [9.17, 15) is 14.9 Å². The number of nitro groups is 1. The van der Waals surface area contributed by atoms with Gasteiger partial charge in [-0.05, 0) is 30.6 Å². The number of hydrogen-bond acceptors (Lipinski definition) is 5. The van der Waals surface area contributed by atoms with Gasteiger partial charge in [-0.2, -0.15) is 11.8 Å². The molecule has 0 radical (unpaired) electrons. The van der Waals surface area contributed by atoms with Gasteiger partial charge in [0.2, 0.25) is 0 Å². The highest BCUT2D eigenvalue weighted by atomic mass is 32.2. The average Bonchev–Trinajstić information content (AvgIpc) is 2.93. The second-order valence-electron chi connectivity index (χ2n) is 6.11. The van der Waals surface area contributed by atoms with Gasteiger partial charge in [-0.15, -0.1) is 0 Å². The number of Topliss-reactive ketones (excluding diaryl/α,β-unsaturated/α-hetero) is 1. The van der Waals surface area contributed by atoms with E-state index in [1.807, 2.05) is 17.8 Å². The summed E-state index contributed by atoms with van der Waals surface area (Å²) in [6, 6.07) is 6.75. The summed E-state index contributed by atoms with van der Waals surface area (Å²) in [5.74, 6) is 1.12. The zero-order valence-corrected chi connectivity index (χ0v) is 13.3. The number of allylic oxidation sites excluding steroid dienone is 2. The zero-order chi connectivity index (χ0) is 16.0. The van der Waals surface area contributed by atoms with Gasteiger partial charge >= 0.3 is 0 Å². The molecule has 3 aliphatic rings. The van der Waals surface area contributed by atoms with E-state index in [2.05, 4.69) is 0 Å². The Bertz CT molecular complexity index is 769. The molecule has 1 aliphatic carbocycles. The van der Waals surface area contributed by atoms with Crippen molar-refractivity contribution in [2.24, 2.45) is 4.99 Å². The molecule has 0 saturated carbocycles. The molecule has 23 heavy (non-hydrogen) atoms. The predicted molar refractivity (Wildman–Crippen MR) is 90.0 cm³/mol. The van der Waals surface area contributed by atoms with Crippen molar-refractivity contribution in [1.29, 1.82) is 0 Å². The van der Waals surface area contributed by atoms with Gasteiger partial charge in [0.1, 0.15) is 0 Å². The molecule has 2 atom stereocenters. The Morgan fingerprint density at radius 1 is 1.26 bits per heavy atom. The van der Waals surface area contributed by atoms with Crippen molar-refractivity contribution in [2.45, 2.75) is 36.9 Å². The largest absolute Gasteiger partial charge is 0.294 e. The second kappa shape index (κ2) is 5.60. The Morgan fingerprint density at radius 2 is 2.13 bits per heavy atom. The van der Waals surface area contributed by atoms with Gasteiger partial charge in [-0.3, -0.25) is 19.9 Å². The quantitative estimate of drug-likeness (QED) is 0.613. The molecule has 0 bridgehead atoms. The predicted octanol–water partition coefficient (Wildman–Crippen LogP) is 3.65. The first-order valence-electron chi connectivity index (χ1n) is 7.85. The third kappa shape index (κ3) is 2.41. The zero-order valence-electron chi connectivity index (χ0n) is 12.5. The third-order valence-electron chi connectivity index (χ3n) is 4.74. The lowest BCUT2D eigenvalue weighted by Gasteiger charge is -2.35. The number of carbonyl (C=O) groups excluding carboxylic acids is 1. The summed E-state index contributed by atoms with van der Waals surface area (Å²) in [7, 11) is 0. The molecule has 2 unspecified atom stereocenters. The standard InChI is InChI=1S/C17H16N2O3S/c20-14-7-6-12-16(14)15(17-13(18-12)5-2-8-23-17)10-3-1-4-11(9-10)19(21)22/h1,3-4,9,15,17H,2,5-8H2. The Morgan fingerprint density at radius 3 is 2.96 bits per heavy atom. The minimum atomic E-state index is -0.374. The molecule has 5 nitrogen and oxygen atoms in total. The van der Waals surface area contributed by atoms with Crippen LogP contribution in [0.1, 0.15) is 37.2 Å². The summed E-state index contributed by atoms with van der Waals surface area (Å²) in [4.78, 5) is 27.9. The lowest BCUT2D eigenvalue weighted by Crippen LogP contribution is -2.34. The highest BCUT2D eigenvalue weighted by molar-refractivity contribution is 8.00. The van der Waals surface area contributed by atoms with E-state index in [0.717, 1.165) is 41.1 Å². The van der Waals surface area contributed by atoms with Crippen LogP contribution in [0.2, 0.25) is 0 Å². The van der Waals surface area contributed by atoms with Crippen LogP contribution in [-0.2, 0) is 4.79 Å². The van der Waals surface area contributed by atoms with E-state index in [4.69, 9.17) is 4.99 Å². The Balaban J connectivity index is 1.84. The highest BCUT2D eigenvalue weighted by Gasteiger charge is 2.42. The van der Waals surface area contributed by atoms with Crippen molar-refractivity contribution in [2.75, 3.05) is 5.75 Å². The molecule has 2 aliphatic heterocycles. The van der Waals surface area contributed by atoms with Gasteiger partial charge < -0.3 is 0 Å². The van der Waals surface area contributed by atoms with Crippen molar-refractivity contribution in [3.63, 3.8) is 0 Å². The number of nitro benzene ring substituents is 1. The second-order valence-corrected chi connectivity index (χ2v) is 7.36. The monoisotopic (exact) mass is 328 g/mol. The maximum absolute atomic E-state index is 12.4. The lowest BCUT2D eigenvalue weighted by molar-refractivity contribution is -0.384. The van der Waals surface area contributed by atoms with Crippen LogP contribution < -0.4 is 0 Å². The van der Waals surface area contributed by atoms with E-state index < -0.39 is 0 Å². The van der Waals surface area contributed by atoms with Gasteiger partial charge in [-0.1, -0.05) is 12.1 Å². The van der Waals surface area contributed by atoms with Gasteiger partial charge in [0.15, 0.2) is 5.78 Å². The summed E-state index contributed by atoms with van der Waals surface area (Å²) in [5.41, 5.74) is 3.83. The first-order valence-corrected chi connectivity index (χ1v) is 8.89. The van der Waals surface area contributed by atoms with E-state index in [0.29, 0.717) is 12.8 Å². The van der Waals surface area contributed by atoms with Gasteiger partial charge in [0.25, 0.3) is 5.69 Å². The number of carbonyl (C=O) groups is 1. The van der Waals surface area contributed by atoms with Crippen molar-refractivity contribution < 1.29 is 9.72 Å². The van der Waals surface area contributed by atoms with E-state index in [-0.39, 0.29) is 27.6 Å². The summed E-state index contributed by atoms with van der Waals surface area (Å²) in [6.07, 6.45) is 3.30. The summed E-state index contributed by atoms with van der Waals surface area (Å²) < 4.78 is 0. The van der Waals surface area contributed by atoms with Crippen LogP contribution in [0.5, 0.6) is 0 Å². The summed E-state index contributed by atoms with van der Waals surface area (Å²) in [5, 5.41) is 11.3. The number of thioether (sulfide) groups is 1. The molecule has 6 heteroatoms. The fourth-order valence-corrected chi connectivity index (χ4v) is 5.15. The molecule has 1 aromatic rings. The normalized spacial score (nSPS) is 26.6. The molecule has 1 aromatic carbocycles. The molecular weight excluding hydrogens is 312 g/mol. The SMILES string of the molecule is O=C1CCC2=C1C(c1cccc([N+](=O)[O-])c1)C1SCCCC1=N2. The van der Waals surface area contributed by atoms with E-state index in [1.54, 1.807) is 12.1 Å². The smallest absolute Gasteiger partial charge is 0.269 e. The summed E-state index contributed by atoms with van der Waals surface area (Å²) >= 11 is 1.83. The van der Waals surface area contributed by atoms with Crippen LogP contribution in [-0.4, -0.2) is 27.4 Å². The molecule has 1 fully saturated rings. The fraction of sp³-hybridized carbons (Fsp3) is 0.412. The molecular formula is C17H16N2O3S. The highest BCUT2D eigenvalue weighted by Crippen LogP contribution is 2.47. The van der Waals surface area contributed by atoms with Crippen LogP contribution in [0.4, 0.5) is 5.69 Å². The number of nitrogens with zero attached hydrogens (tertiary/aromatic N) is 2. The molecule has 0 aromatic heterocycles. The molecule has 2 heterocycles. The maximum atomic E-state index is 12.4. The first-order chi connectivity index (χ1) is 11.1. The average molecular weight is 328 g/mol. The fourth-order valence-electron chi connectivity index (χ4n) is 3.74. The van der Waals surface area contributed by atoms with Crippen LogP contribution in [0.15, 0.2) is 40.5 Å². The van der Waals surface area contributed by atoms with Crippen molar-refractivity contribution in [3.8, 4) is 0 Å². The van der Waals surface area contributed by atoms with Gasteiger partial charge in [0, 0.05) is 41.5 Å². The van der Waals surface area contributed by atoms with Crippen molar-refractivity contribution in [1.82, 2.24) is 0 Å². The van der Waals surface area contributed by atoms with Gasteiger partial charge in [0.05, 0.1) is 10.2 Å². The maximum Gasteiger partial charge on any atom is 0.269 e. The van der Waals surface area contributed by atoms with Crippen molar-refractivity contribution in [3.05, 3.63) is 51.2 Å². The number of benzene rings is 1. The first kappa shape index (κ1) is 14.6. The van der Waals surface area contributed by atoms with Crippen LogP contribution in [0, 0.1) is 10.1 Å². The minimum absolute atomic E-state index is 0.0833. The molecule has 4 rings (SSSR count). The van der Waals surface area contributed by atoms with E-state index in [1.165, 1.54) is 6.07 Å². The molecule has 0 amide bonds. The van der Waals surface area contributed by atoms with Crippen LogP contribution in [0.3, 0.4) is 0 Å². The van der Waals surface area contributed by atoms with Crippen LogP contribution in [0.25, 0.3) is 0 Å². The van der Waals surface area contributed by atoms with Gasteiger partial charge in [-0.25, -0.2) is 0 Å². The number of hydrogen-bond donors (Lipinski definition) is 0. The molecule has 0 N–H and O–H groups in total. The topological polar surface area (TPSA) is 72.6 Å². The number of fused-ring (bicyclic) bond motifs is 1. The molecule has 0 spiro atoms. The van der Waals surface area contributed by atoms with E-state index >= 15 is 0 Å².